The number of benzene rings is 1. The molecule has 0 spiro atoms. The number of nitrogens with one attached hydrogen (secondary N) is 2. The second-order valence-electron chi connectivity index (χ2n) is 9.95. The number of esters is 1. The van der Waals surface area contributed by atoms with Crippen LogP contribution in [-0.2, 0) is 32.0 Å². The molecule has 0 aromatic heterocycles. The highest BCUT2D eigenvalue weighted by Gasteiger charge is 2.37. The fraction of sp³-hybridized carbons (Fsp3) is 0.583. The van der Waals surface area contributed by atoms with Crippen molar-refractivity contribution < 1.29 is 23.9 Å². The van der Waals surface area contributed by atoms with Gasteiger partial charge in [0.05, 0.1) is 12.6 Å². The zero-order valence-electron chi connectivity index (χ0n) is 19.2. The van der Waals surface area contributed by atoms with Crippen LogP contribution >= 0.6 is 0 Å². The highest BCUT2D eigenvalue weighted by molar-refractivity contribution is 5.88. The maximum absolute atomic E-state index is 12.9. The molecule has 0 saturated carbocycles. The van der Waals surface area contributed by atoms with Gasteiger partial charge in [0, 0.05) is 19.4 Å². The van der Waals surface area contributed by atoms with Crippen LogP contribution in [0.2, 0.25) is 0 Å². The van der Waals surface area contributed by atoms with Crippen LogP contribution in [0.1, 0.15) is 45.2 Å². The molecule has 2 N–H and O–H groups in total. The molecule has 1 aliphatic carbocycles. The van der Waals surface area contributed by atoms with Crippen molar-refractivity contribution in [2.24, 2.45) is 11.3 Å². The summed E-state index contributed by atoms with van der Waals surface area (Å²) in [6.45, 7) is 7.75. The first kappa shape index (κ1) is 23.8. The van der Waals surface area contributed by atoms with E-state index in [1.165, 1.54) is 16.0 Å². The lowest BCUT2D eigenvalue weighted by atomic mass is 9.87. The molecule has 8 heteroatoms. The van der Waals surface area contributed by atoms with Gasteiger partial charge in [-0.05, 0) is 28.9 Å². The lowest BCUT2D eigenvalue weighted by Crippen LogP contribution is -2.54. The Balaban J connectivity index is 1.54. The number of likely N-dealkylation sites (tertiary alicyclic amines) is 1. The van der Waals surface area contributed by atoms with Gasteiger partial charge < -0.3 is 25.1 Å². The van der Waals surface area contributed by atoms with Gasteiger partial charge in [0.15, 0.2) is 0 Å². The zero-order valence-corrected chi connectivity index (χ0v) is 19.2. The van der Waals surface area contributed by atoms with Gasteiger partial charge in [-0.3, -0.25) is 4.79 Å². The summed E-state index contributed by atoms with van der Waals surface area (Å²) in [5.41, 5.74) is 1.76. The molecule has 3 rings (SSSR count). The van der Waals surface area contributed by atoms with E-state index in [4.69, 9.17) is 4.74 Å². The highest BCUT2D eigenvalue weighted by Crippen LogP contribution is 2.26. The van der Waals surface area contributed by atoms with Crippen LogP contribution in [0.5, 0.6) is 0 Å². The molecule has 1 aliphatic heterocycles. The van der Waals surface area contributed by atoms with E-state index in [0.29, 0.717) is 25.8 Å². The van der Waals surface area contributed by atoms with Gasteiger partial charge in [0.2, 0.25) is 5.91 Å². The lowest BCUT2D eigenvalue weighted by Gasteiger charge is -2.30. The lowest BCUT2D eigenvalue weighted by molar-refractivity contribution is -0.153. The third-order valence-corrected chi connectivity index (χ3v) is 6.10. The second-order valence-corrected chi connectivity index (χ2v) is 9.95. The topological polar surface area (TPSA) is 105 Å². The molecular weight excluding hydrogens is 410 g/mol. The van der Waals surface area contributed by atoms with E-state index in [1.54, 1.807) is 0 Å². The number of rotatable bonds is 6. The molecule has 0 radical (unpaired) electrons. The van der Waals surface area contributed by atoms with Crippen molar-refractivity contribution in [1.82, 2.24) is 15.5 Å². The Morgan fingerprint density at radius 1 is 1.19 bits per heavy atom. The van der Waals surface area contributed by atoms with Crippen molar-refractivity contribution in [1.29, 1.82) is 0 Å². The Bertz CT molecular complexity index is 854. The zero-order chi connectivity index (χ0) is 23.5. The maximum atomic E-state index is 12.9. The number of urea groups is 1. The maximum Gasteiger partial charge on any atom is 0.329 e. The summed E-state index contributed by atoms with van der Waals surface area (Å²) in [6, 6.07) is 6.04. The summed E-state index contributed by atoms with van der Waals surface area (Å²) in [6.07, 6.45) is 2.46. The van der Waals surface area contributed by atoms with Gasteiger partial charge in [0.1, 0.15) is 18.4 Å². The Hall–Kier alpha value is -2.90. The van der Waals surface area contributed by atoms with Crippen molar-refractivity contribution in [2.75, 3.05) is 13.1 Å². The van der Waals surface area contributed by atoms with Gasteiger partial charge in [-0.25, -0.2) is 9.59 Å². The third kappa shape index (κ3) is 5.66. The molecule has 3 atom stereocenters. The van der Waals surface area contributed by atoms with Gasteiger partial charge in [0.25, 0.3) is 0 Å². The summed E-state index contributed by atoms with van der Waals surface area (Å²) < 4.78 is 5.74. The predicted octanol–water partition coefficient (Wildman–Crippen LogP) is 1.85. The van der Waals surface area contributed by atoms with E-state index in [9.17, 15) is 19.2 Å². The van der Waals surface area contributed by atoms with Crippen LogP contribution in [0, 0.1) is 11.3 Å². The molecule has 8 nitrogen and oxygen atoms in total. The normalized spacial score (nSPS) is 21.6. The monoisotopic (exact) mass is 443 g/mol. The number of carbonyl (C=O) groups excluding carboxylic acids is 4. The van der Waals surface area contributed by atoms with Gasteiger partial charge in [-0.2, -0.15) is 0 Å². The number of nitrogens with zero attached hydrogens (tertiary/aromatic N) is 1. The molecule has 3 unspecified atom stereocenters. The Labute approximate surface area is 189 Å². The number of fused-ring (bicyclic) bond motifs is 1. The van der Waals surface area contributed by atoms with Crippen LogP contribution in [0.15, 0.2) is 24.3 Å². The average molecular weight is 444 g/mol. The molecule has 1 heterocycles. The van der Waals surface area contributed by atoms with Crippen LogP contribution < -0.4 is 10.6 Å². The van der Waals surface area contributed by atoms with Crippen molar-refractivity contribution in [3.05, 3.63) is 35.4 Å². The Morgan fingerprint density at radius 2 is 1.81 bits per heavy atom. The number of hydrogen-bond donors (Lipinski definition) is 2. The summed E-state index contributed by atoms with van der Waals surface area (Å²) in [5, 5.41) is 5.19. The molecule has 1 aromatic carbocycles. The van der Waals surface area contributed by atoms with Gasteiger partial charge >= 0.3 is 12.0 Å². The third-order valence-electron chi connectivity index (χ3n) is 6.10. The molecule has 0 bridgehead atoms. The molecule has 1 aromatic rings. The van der Waals surface area contributed by atoms with Crippen LogP contribution in [0.3, 0.4) is 0 Å². The van der Waals surface area contributed by atoms with E-state index in [-0.39, 0.29) is 24.5 Å². The molecule has 1 saturated heterocycles. The number of amides is 3. The van der Waals surface area contributed by atoms with Crippen molar-refractivity contribution in [2.45, 2.75) is 65.1 Å². The largest absolute Gasteiger partial charge is 0.460 e. The fourth-order valence-corrected chi connectivity index (χ4v) is 4.40. The number of hydrogen-bond acceptors (Lipinski definition) is 5. The minimum atomic E-state index is -0.879. The van der Waals surface area contributed by atoms with Crippen LogP contribution in [0.25, 0.3) is 0 Å². The van der Waals surface area contributed by atoms with E-state index in [0.717, 1.165) is 6.29 Å². The van der Waals surface area contributed by atoms with Crippen molar-refractivity contribution >= 4 is 24.2 Å². The smallest absolute Gasteiger partial charge is 0.329 e. The predicted molar refractivity (Wildman–Crippen MR) is 119 cm³/mol. The number of ether oxygens (including phenoxy) is 1. The van der Waals surface area contributed by atoms with Crippen molar-refractivity contribution in [3.63, 3.8) is 0 Å². The molecule has 32 heavy (non-hydrogen) atoms. The minimum absolute atomic E-state index is 0.241. The van der Waals surface area contributed by atoms with E-state index in [1.807, 2.05) is 52.0 Å². The Kier molecular flexibility index (Phi) is 7.21. The quantitative estimate of drug-likeness (QED) is 0.516. The standard InChI is InChI=1S/C24H33N3O5/c1-15-9-18(14-28)27(13-15)20(29)12-25-23(31)26-21(24(2,3)4)22(30)32-19-10-16-7-5-6-8-17(16)11-19/h5-8,14-15,18-19,21H,9-13H2,1-4H3,(H2,25,26,31). The Morgan fingerprint density at radius 3 is 2.38 bits per heavy atom. The second kappa shape index (κ2) is 9.71. The molecule has 1 fully saturated rings. The first-order chi connectivity index (χ1) is 15.1. The van der Waals surface area contributed by atoms with E-state index in [2.05, 4.69) is 10.6 Å². The van der Waals surface area contributed by atoms with Crippen molar-refractivity contribution in [3.8, 4) is 0 Å². The first-order valence-corrected chi connectivity index (χ1v) is 11.1. The van der Waals surface area contributed by atoms with Crippen LogP contribution in [0.4, 0.5) is 4.79 Å². The SMILES string of the molecule is CC1CC(C=O)N(C(=O)CNC(=O)NC(C(=O)OC2Cc3ccccc3C2)C(C)(C)C)C1. The summed E-state index contributed by atoms with van der Waals surface area (Å²) in [5.74, 6) is -0.573. The summed E-state index contributed by atoms with van der Waals surface area (Å²) >= 11 is 0. The average Bonchev–Trinajstić information content (AvgIpc) is 3.31. The number of aldehydes is 1. The molecule has 3 amide bonds. The van der Waals surface area contributed by atoms with Gasteiger partial charge in [-0.15, -0.1) is 0 Å². The van der Waals surface area contributed by atoms with E-state index < -0.39 is 29.5 Å². The molecule has 2 aliphatic rings. The number of carbonyl (C=O) groups is 4. The summed E-state index contributed by atoms with van der Waals surface area (Å²) in [7, 11) is 0. The molecular formula is C24H33N3O5. The van der Waals surface area contributed by atoms with Gasteiger partial charge in [-0.1, -0.05) is 52.0 Å². The van der Waals surface area contributed by atoms with Crippen LogP contribution in [-0.4, -0.2) is 60.4 Å². The first-order valence-electron chi connectivity index (χ1n) is 11.1. The highest BCUT2D eigenvalue weighted by atomic mass is 16.5. The molecule has 174 valence electrons. The summed E-state index contributed by atoms with van der Waals surface area (Å²) in [4.78, 5) is 50.6. The van der Waals surface area contributed by atoms with E-state index >= 15 is 0 Å². The minimum Gasteiger partial charge on any atom is -0.460 e. The fourth-order valence-electron chi connectivity index (χ4n) is 4.40.